The Morgan fingerprint density at radius 3 is 2.27 bits per heavy atom. The molecular weight excluding hydrogens is 516 g/mol. The molecule has 1 aromatic rings. The van der Waals surface area contributed by atoms with Crippen molar-refractivity contribution in [2.45, 2.75) is 118 Å². The van der Waals surface area contributed by atoms with Crippen LogP contribution in [0.1, 0.15) is 104 Å². The first-order valence-electron chi connectivity index (χ1n) is 16.0. The van der Waals surface area contributed by atoms with Crippen molar-refractivity contribution in [3.8, 4) is 0 Å². The number of rotatable bonds is 8. The van der Waals surface area contributed by atoms with E-state index < -0.39 is 0 Å². The van der Waals surface area contributed by atoms with Gasteiger partial charge in [-0.2, -0.15) is 0 Å². The van der Waals surface area contributed by atoms with E-state index in [1.54, 1.807) is 6.92 Å². The lowest BCUT2D eigenvalue weighted by molar-refractivity contribution is -0.197. The van der Waals surface area contributed by atoms with E-state index in [0.29, 0.717) is 48.5 Å². The van der Waals surface area contributed by atoms with Crippen molar-refractivity contribution in [2.24, 2.45) is 46.3 Å². The highest BCUT2D eigenvalue weighted by atomic mass is 16.5. The second-order valence-corrected chi connectivity index (χ2v) is 14.3. The molecule has 4 aliphatic carbocycles. The molecule has 4 fully saturated rings. The van der Waals surface area contributed by atoms with Gasteiger partial charge in [-0.1, -0.05) is 51.1 Å². The zero-order valence-corrected chi connectivity index (χ0v) is 25.7. The Labute approximate surface area is 246 Å². The number of hydrogen-bond donors (Lipinski definition) is 0. The topological polar surface area (TPSA) is 78.9 Å². The zero-order valence-electron chi connectivity index (χ0n) is 25.7. The normalized spacial score (nSPS) is 38.5. The molecule has 0 unspecified atom stereocenters. The first-order chi connectivity index (χ1) is 19.5. The van der Waals surface area contributed by atoms with Crippen LogP contribution in [0, 0.1) is 46.3 Å². The first-order valence-corrected chi connectivity index (χ1v) is 16.0. The average molecular weight is 567 g/mol. The molecule has 6 heteroatoms. The molecule has 4 saturated carbocycles. The minimum absolute atomic E-state index is 0.0231. The van der Waals surface area contributed by atoms with Crippen LogP contribution in [0.2, 0.25) is 0 Å². The molecule has 0 aliphatic heterocycles. The number of fused-ring (bicyclic) bond motifs is 5. The molecule has 10 atom stereocenters. The monoisotopic (exact) mass is 566 g/mol. The minimum Gasteiger partial charge on any atom is -0.463 e. The van der Waals surface area contributed by atoms with E-state index >= 15 is 0 Å². The summed E-state index contributed by atoms with van der Waals surface area (Å²) < 4.78 is 17.4. The molecule has 1 aromatic carbocycles. The molecular formula is C35H50O6. The fourth-order valence-electron chi connectivity index (χ4n) is 10.2. The molecule has 41 heavy (non-hydrogen) atoms. The van der Waals surface area contributed by atoms with Gasteiger partial charge in [-0.3, -0.25) is 14.4 Å². The number of ether oxygens (including phenoxy) is 3. The fraction of sp³-hybridized carbons (Fsp3) is 0.743. The quantitative estimate of drug-likeness (QED) is 0.243. The van der Waals surface area contributed by atoms with Crippen molar-refractivity contribution in [3.05, 3.63) is 35.9 Å². The van der Waals surface area contributed by atoms with Gasteiger partial charge in [0.1, 0.15) is 18.8 Å². The Kier molecular flexibility index (Phi) is 8.87. The van der Waals surface area contributed by atoms with Gasteiger partial charge in [0.05, 0.1) is 0 Å². The Balaban J connectivity index is 1.26. The summed E-state index contributed by atoms with van der Waals surface area (Å²) in [5.74, 6) is 2.29. The Morgan fingerprint density at radius 2 is 1.56 bits per heavy atom. The van der Waals surface area contributed by atoms with Crippen molar-refractivity contribution in [1.82, 2.24) is 0 Å². The van der Waals surface area contributed by atoms with Gasteiger partial charge in [0.25, 0.3) is 0 Å². The third-order valence-electron chi connectivity index (χ3n) is 12.1. The Hall–Kier alpha value is -2.37. The van der Waals surface area contributed by atoms with Crippen LogP contribution in [0.4, 0.5) is 0 Å². The molecule has 226 valence electrons. The number of hydrogen-bond acceptors (Lipinski definition) is 6. The largest absolute Gasteiger partial charge is 0.463 e. The number of carbonyl (C=O) groups is 3. The third kappa shape index (κ3) is 6.08. The van der Waals surface area contributed by atoms with Crippen LogP contribution in [0.25, 0.3) is 0 Å². The van der Waals surface area contributed by atoms with Gasteiger partial charge in [0.2, 0.25) is 0 Å². The lowest BCUT2D eigenvalue weighted by Gasteiger charge is -2.62. The highest BCUT2D eigenvalue weighted by Gasteiger charge is 2.64. The molecule has 0 aromatic heterocycles. The van der Waals surface area contributed by atoms with Crippen LogP contribution in [0.15, 0.2) is 30.3 Å². The molecule has 0 bridgehead atoms. The molecule has 0 N–H and O–H groups in total. The van der Waals surface area contributed by atoms with Crippen LogP contribution in [-0.2, 0) is 35.2 Å². The number of benzene rings is 1. The Bertz CT molecular complexity index is 1100. The van der Waals surface area contributed by atoms with Crippen LogP contribution in [0.3, 0.4) is 0 Å². The van der Waals surface area contributed by atoms with E-state index in [1.165, 1.54) is 26.2 Å². The SMILES string of the molecule is CC(=O)O[C@@H]1CC[C@@]2(C)[C@@H](C1)C[C@H](OC(C)=O)[C@@H]1[C@@H]2CC[C@]2(C)[C@@H]([C@H](C)CCC(=O)OCc3ccccc3)CC[C@@H]12. The van der Waals surface area contributed by atoms with Crippen molar-refractivity contribution >= 4 is 17.9 Å². The third-order valence-corrected chi connectivity index (χ3v) is 12.1. The van der Waals surface area contributed by atoms with Gasteiger partial charge in [-0.25, -0.2) is 0 Å². The Morgan fingerprint density at radius 1 is 0.878 bits per heavy atom. The number of esters is 3. The van der Waals surface area contributed by atoms with E-state index in [-0.39, 0.29) is 40.9 Å². The van der Waals surface area contributed by atoms with Crippen LogP contribution >= 0.6 is 0 Å². The second kappa shape index (κ2) is 12.1. The van der Waals surface area contributed by atoms with Gasteiger partial charge >= 0.3 is 17.9 Å². The van der Waals surface area contributed by atoms with E-state index in [4.69, 9.17) is 14.2 Å². The summed E-state index contributed by atoms with van der Waals surface area (Å²) in [6.45, 7) is 10.7. The van der Waals surface area contributed by atoms with E-state index in [2.05, 4.69) is 20.8 Å². The molecule has 5 rings (SSSR count). The summed E-state index contributed by atoms with van der Waals surface area (Å²) in [7, 11) is 0. The molecule has 6 nitrogen and oxygen atoms in total. The summed E-state index contributed by atoms with van der Waals surface area (Å²) in [6, 6.07) is 9.85. The summed E-state index contributed by atoms with van der Waals surface area (Å²) in [5.41, 5.74) is 1.39. The summed E-state index contributed by atoms with van der Waals surface area (Å²) in [5, 5.41) is 0. The summed E-state index contributed by atoms with van der Waals surface area (Å²) >= 11 is 0. The van der Waals surface area contributed by atoms with Crippen LogP contribution in [-0.4, -0.2) is 30.1 Å². The lowest BCUT2D eigenvalue weighted by atomic mass is 9.43. The standard InChI is InChI=1S/C35H50O6/c1-22(11-14-32(38)39-21-25-9-7-6-8-10-25)28-12-13-29-33-30(16-18-35(28,29)5)34(4)17-15-27(40-23(2)36)19-26(34)20-31(33)41-24(3)37/h6-10,22,26-31,33H,11-21H2,1-5H3/t22-,26+,27-,28-,29+,30+,31+,33+,34+,35-/m1/s1. The first kappa shape index (κ1) is 30.1. The predicted octanol–water partition coefficient (Wildman–Crippen LogP) is 7.28. The zero-order chi connectivity index (χ0) is 29.4. The van der Waals surface area contributed by atoms with Crippen LogP contribution in [0.5, 0.6) is 0 Å². The maximum atomic E-state index is 12.6. The van der Waals surface area contributed by atoms with Gasteiger partial charge in [-0.05, 0) is 104 Å². The molecule has 0 heterocycles. The molecule has 0 spiro atoms. The van der Waals surface area contributed by atoms with Crippen molar-refractivity contribution in [1.29, 1.82) is 0 Å². The van der Waals surface area contributed by atoms with E-state index in [1.807, 2.05) is 30.3 Å². The maximum absolute atomic E-state index is 12.6. The fourth-order valence-corrected chi connectivity index (χ4v) is 10.2. The minimum atomic E-state index is -0.201. The van der Waals surface area contributed by atoms with Crippen molar-refractivity contribution < 1.29 is 28.6 Å². The van der Waals surface area contributed by atoms with Crippen molar-refractivity contribution in [2.75, 3.05) is 0 Å². The second-order valence-electron chi connectivity index (χ2n) is 14.3. The van der Waals surface area contributed by atoms with Gasteiger partial charge in [0, 0.05) is 26.2 Å². The highest BCUT2D eigenvalue weighted by Crippen LogP contribution is 2.68. The average Bonchev–Trinajstić information content (AvgIpc) is 3.28. The predicted molar refractivity (Wildman–Crippen MR) is 156 cm³/mol. The van der Waals surface area contributed by atoms with Gasteiger partial charge in [-0.15, -0.1) is 0 Å². The molecule has 4 aliphatic rings. The van der Waals surface area contributed by atoms with Crippen LogP contribution < -0.4 is 0 Å². The van der Waals surface area contributed by atoms with E-state index in [9.17, 15) is 14.4 Å². The number of carbonyl (C=O) groups excluding carboxylic acids is 3. The lowest BCUT2D eigenvalue weighted by Crippen LogP contribution is -2.59. The highest BCUT2D eigenvalue weighted by molar-refractivity contribution is 5.69. The maximum Gasteiger partial charge on any atom is 0.306 e. The van der Waals surface area contributed by atoms with Gasteiger partial charge < -0.3 is 14.2 Å². The molecule has 0 saturated heterocycles. The summed E-state index contributed by atoms with van der Waals surface area (Å²) in [4.78, 5) is 36.6. The molecule has 0 amide bonds. The van der Waals surface area contributed by atoms with Crippen molar-refractivity contribution in [3.63, 3.8) is 0 Å². The smallest absolute Gasteiger partial charge is 0.306 e. The van der Waals surface area contributed by atoms with E-state index in [0.717, 1.165) is 44.1 Å². The van der Waals surface area contributed by atoms with Gasteiger partial charge in [0.15, 0.2) is 0 Å². The summed E-state index contributed by atoms with van der Waals surface area (Å²) in [6.07, 6.45) is 9.63. The molecule has 0 radical (unpaired) electrons.